The maximum absolute atomic E-state index is 12.5. The SMILES string of the molecule is Cc1nn(CC(=O)N(C)c2ccccc2)c(=O)c2ccccc12. The fourth-order valence-electron chi connectivity index (χ4n) is 2.54. The molecule has 0 radical (unpaired) electrons. The molecule has 0 saturated heterocycles. The fraction of sp³-hybridized carbons (Fsp3) is 0.167. The minimum Gasteiger partial charge on any atom is -0.314 e. The Morgan fingerprint density at radius 2 is 1.65 bits per heavy atom. The highest BCUT2D eigenvalue weighted by molar-refractivity contribution is 5.92. The van der Waals surface area contributed by atoms with Crippen molar-refractivity contribution >= 4 is 22.4 Å². The molecule has 0 aliphatic rings. The zero-order chi connectivity index (χ0) is 16.4. The van der Waals surface area contributed by atoms with Crippen LogP contribution in [0.4, 0.5) is 5.69 Å². The molecule has 0 aliphatic carbocycles. The molecule has 1 heterocycles. The third kappa shape index (κ3) is 2.85. The molecule has 0 aliphatic heterocycles. The van der Waals surface area contributed by atoms with Gasteiger partial charge < -0.3 is 4.90 Å². The third-order valence-electron chi connectivity index (χ3n) is 3.86. The smallest absolute Gasteiger partial charge is 0.275 e. The second kappa shape index (κ2) is 6.04. The minimum atomic E-state index is -0.249. The summed E-state index contributed by atoms with van der Waals surface area (Å²) in [5, 5.41) is 5.67. The van der Waals surface area contributed by atoms with Crippen molar-refractivity contribution in [3.8, 4) is 0 Å². The van der Waals surface area contributed by atoms with Gasteiger partial charge in [-0.05, 0) is 25.1 Å². The largest absolute Gasteiger partial charge is 0.314 e. The zero-order valence-electron chi connectivity index (χ0n) is 13.1. The Labute approximate surface area is 133 Å². The number of benzene rings is 2. The molecule has 5 heteroatoms. The maximum atomic E-state index is 12.5. The fourth-order valence-corrected chi connectivity index (χ4v) is 2.54. The van der Waals surface area contributed by atoms with Crippen LogP contribution in [0.2, 0.25) is 0 Å². The molecule has 0 N–H and O–H groups in total. The standard InChI is InChI=1S/C18H17N3O2/c1-13-15-10-6-7-11-16(15)18(23)21(19-13)12-17(22)20(2)14-8-4-3-5-9-14/h3-11H,12H2,1-2H3. The Bertz CT molecular complexity index is 916. The molecule has 0 unspecified atom stereocenters. The molecule has 3 rings (SSSR count). The summed E-state index contributed by atoms with van der Waals surface area (Å²) in [6.45, 7) is 1.75. The Hall–Kier alpha value is -2.95. The Kier molecular flexibility index (Phi) is 3.93. The average molecular weight is 307 g/mol. The summed E-state index contributed by atoms with van der Waals surface area (Å²) < 4.78 is 1.24. The van der Waals surface area contributed by atoms with Crippen LogP contribution in [0, 0.1) is 6.92 Å². The summed E-state index contributed by atoms with van der Waals surface area (Å²) in [6.07, 6.45) is 0. The van der Waals surface area contributed by atoms with Crippen LogP contribution in [0.25, 0.3) is 10.8 Å². The van der Waals surface area contributed by atoms with E-state index in [-0.39, 0.29) is 18.0 Å². The van der Waals surface area contributed by atoms with Crippen molar-refractivity contribution in [1.82, 2.24) is 9.78 Å². The summed E-state index contributed by atoms with van der Waals surface area (Å²) in [7, 11) is 1.69. The van der Waals surface area contributed by atoms with Crippen molar-refractivity contribution in [3.63, 3.8) is 0 Å². The summed E-state index contributed by atoms with van der Waals surface area (Å²) in [5.74, 6) is -0.194. The highest BCUT2D eigenvalue weighted by Crippen LogP contribution is 2.13. The van der Waals surface area contributed by atoms with E-state index < -0.39 is 0 Å². The van der Waals surface area contributed by atoms with Gasteiger partial charge >= 0.3 is 0 Å². The molecule has 0 bridgehead atoms. The van der Waals surface area contributed by atoms with Crippen LogP contribution in [0.15, 0.2) is 59.4 Å². The first kappa shape index (κ1) is 15.0. The van der Waals surface area contributed by atoms with E-state index in [2.05, 4.69) is 5.10 Å². The van der Waals surface area contributed by atoms with Crippen LogP contribution >= 0.6 is 0 Å². The highest BCUT2D eigenvalue weighted by atomic mass is 16.2. The predicted octanol–water partition coefficient (Wildman–Crippen LogP) is 2.37. The number of hydrogen-bond acceptors (Lipinski definition) is 3. The Morgan fingerprint density at radius 1 is 1.04 bits per heavy atom. The number of nitrogens with zero attached hydrogens (tertiary/aromatic N) is 3. The number of amides is 1. The lowest BCUT2D eigenvalue weighted by atomic mass is 10.1. The minimum absolute atomic E-state index is 0.0874. The van der Waals surface area contributed by atoms with E-state index in [4.69, 9.17) is 0 Å². The van der Waals surface area contributed by atoms with Gasteiger partial charge in [0.25, 0.3) is 5.56 Å². The van der Waals surface area contributed by atoms with Gasteiger partial charge in [0.1, 0.15) is 6.54 Å². The average Bonchev–Trinajstić information content (AvgIpc) is 2.59. The van der Waals surface area contributed by atoms with E-state index >= 15 is 0 Å². The number of fused-ring (bicyclic) bond motifs is 1. The molecule has 0 fully saturated rings. The van der Waals surface area contributed by atoms with Crippen LogP contribution < -0.4 is 10.5 Å². The Balaban J connectivity index is 1.94. The molecule has 0 atom stereocenters. The van der Waals surface area contributed by atoms with E-state index in [0.717, 1.165) is 16.8 Å². The number of likely N-dealkylation sites (N-methyl/N-ethyl adjacent to an activating group) is 1. The number of rotatable bonds is 3. The molecule has 0 saturated carbocycles. The van der Waals surface area contributed by atoms with Gasteiger partial charge in [0.05, 0.1) is 11.1 Å². The monoisotopic (exact) mass is 307 g/mol. The molecule has 5 nitrogen and oxygen atoms in total. The van der Waals surface area contributed by atoms with Crippen molar-refractivity contribution in [2.75, 3.05) is 11.9 Å². The Morgan fingerprint density at radius 3 is 2.35 bits per heavy atom. The van der Waals surface area contributed by atoms with Crippen LogP contribution in [0.3, 0.4) is 0 Å². The lowest BCUT2D eigenvalue weighted by Crippen LogP contribution is -2.35. The van der Waals surface area contributed by atoms with Gasteiger partial charge in [-0.15, -0.1) is 0 Å². The van der Waals surface area contributed by atoms with E-state index in [1.54, 1.807) is 13.1 Å². The van der Waals surface area contributed by atoms with Crippen molar-refractivity contribution in [2.24, 2.45) is 0 Å². The highest BCUT2D eigenvalue weighted by Gasteiger charge is 2.14. The van der Waals surface area contributed by atoms with E-state index in [1.807, 2.05) is 55.5 Å². The molecule has 2 aromatic carbocycles. The quantitative estimate of drug-likeness (QED) is 0.746. The number of anilines is 1. The third-order valence-corrected chi connectivity index (χ3v) is 3.86. The number of aromatic nitrogens is 2. The van der Waals surface area contributed by atoms with Gasteiger partial charge in [0.15, 0.2) is 0 Å². The number of para-hydroxylation sites is 1. The second-order valence-electron chi connectivity index (χ2n) is 5.38. The summed E-state index contributed by atoms with van der Waals surface area (Å²) in [4.78, 5) is 26.5. The second-order valence-corrected chi connectivity index (χ2v) is 5.38. The lowest BCUT2D eigenvalue weighted by Gasteiger charge is -2.18. The van der Waals surface area contributed by atoms with Crippen molar-refractivity contribution in [1.29, 1.82) is 0 Å². The van der Waals surface area contributed by atoms with Crippen molar-refractivity contribution in [2.45, 2.75) is 13.5 Å². The van der Waals surface area contributed by atoms with Gasteiger partial charge in [-0.3, -0.25) is 9.59 Å². The number of aryl methyl sites for hydroxylation is 1. The first-order valence-electron chi connectivity index (χ1n) is 7.36. The molecule has 1 aromatic heterocycles. The van der Waals surface area contributed by atoms with E-state index in [1.165, 1.54) is 9.58 Å². The van der Waals surface area contributed by atoms with E-state index in [0.29, 0.717) is 5.39 Å². The van der Waals surface area contributed by atoms with Crippen LogP contribution in [0.5, 0.6) is 0 Å². The number of carbonyl (C=O) groups excluding carboxylic acids is 1. The molecular weight excluding hydrogens is 290 g/mol. The molecular formula is C18H17N3O2. The lowest BCUT2D eigenvalue weighted by molar-refractivity contribution is -0.119. The van der Waals surface area contributed by atoms with E-state index in [9.17, 15) is 9.59 Å². The normalized spacial score (nSPS) is 10.7. The number of carbonyl (C=O) groups is 1. The van der Waals surface area contributed by atoms with Gasteiger partial charge in [-0.2, -0.15) is 5.10 Å². The first-order valence-corrected chi connectivity index (χ1v) is 7.36. The molecule has 116 valence electrons. The summed E-state index contributed by atoms with van der Waals surface area (Å²) in [5.41, 5.74) is 1.26. The molecule has 0 spiro atoms. The summed E-state index contributed by atoms with van der Waals surface area (Å²) in [6, 6.07) is 16.6. The predicted molar refractivity (Wildman–Crippen MR) is 90.6 cm³/mol. The first-order chi connectivity index (χ1) is 11.1. The van der Waals surface area contributed by atoms with Crippen molar-refractivity contribution in [3.05, 3.63) is 70.6 Å². The van der Waals surface area contributed by atoms with Gasteiger partial charge in [-0.1, -0.05) is 36.4 Å². The molecule has 3 aromatic rings. The van der Waals surface area contributed by atoms with Crippen LogP contribution in [-0.2, 0) is 11.3 Å². The van der Waals surface area contributed by atoms with Gasteiger partial charge in [0.2, 0.25) is 5.91 Å². The van der Waals surface area contributed by atoms with Crippen molar-refractivity contribution < 1.29 is 4.79 Å². The van der Waals surface area contributed by atoms with Gasteiger partial charge in [0, 0.05) is 18.1 Å². The van der Waals surface area contributed by atoms with Gasteiger partial charge in [-0.25, -0.2) is 4.68 Å². The number of hydrogen-bond donors (Lipinski definition) is 0. The maximum Gasteiger partial charge on any atom is 0.275 e. The zero-order valence-corrected chi connectivity index (χ0v) is 13.1. The molecule has 23 heavy (non-hydrogen) atoms. The topological polar surface area (TPSA) is 55.2 Å². The molecule has 1 amide bonds. The van der Waals surface area contributed by atoms with Crippen LogP contribution in [-0.4, -0.2) is 22.7 Å². The van der Waals surface area contributed by atoms with Crippen LogP contribution in [0.1, 0.15) is 5.69 Å². The summed E-state index contributed by atoms with van der Waals surface area (Å²) >= 11 is 0.